The number of nitrogens with one attached hydrogen (secondary N) is 1. The van der Waals surface area contributed by atoms with E-state index in [2.05, 4.69) is 18.3 Å². The fourth-order valence-electron chi connectivity index (χ4n) is 1.64. The first-order chi connectivity index (χ1) is 7.54. The van der Waals surface area contributed by atoms with E-state index in [1.807, 2.05) is 19.1 Å². The SMILES string of the molecule is COc1ccc(C(C)NCC(C)O)cc1C. The molecule has 0 fully saturated rings. The Morgan fingerprint density at radius 3 is 2.56 bits per heavy atom. The van der Waals surface area contributed by atoms with E-state index in [0.717, 1.165) is 11.3 Å². The number of hydrogen-bond acceptors (Lipinski definition) is 3. The molecule has 0 aliphatic heterocycles. The van der Waals surface area contributed by atoms with Gasteiger partial charge in [0.15, 0.2) is 0 Å². The molecule has 0 radical (unpaired) electrons. The normalized spacial score (nSPS) is 14.6. The van der Waals surface area contributed by atoms with Crippen LogP contribution in [0.4, 0.5) is 0 Å². The minimum Gasteiger partial charge on any atom is -0.496 e. The first-order valence-corrected chi connectivity index (χ1v) is 5.60. The summed E-state index contributed by atoms with van der Waals surface area (Å²) < 4.78 is 5.22. The second-order valence-electron chi connectivity index (χ2n) is 4.21. The van der Waals surface area contributed by atoms with Gasteiger partial charge in [-0.2, -0.15) is 0 Å². The van der Waals surface area contributed by atoms with Crippen molar-refractivity contribution in [1.29, 1.82) is 0 Å². The molecule has 1 rings (SSSR count). The van der Waals surface area contributed by atoms with Crippen LogP contribution in [-0.2, 0) is 0 Å². The Labute approximate surface area is 97.4 Å². The van der Waals surface area contributed by atoms with Gasteiger partial charge >= 0.3 is 0 Å². The number of benzene rings is 1. The zero-order valence-electron chi connectivity index (χ0n) is 10.4. The number of rotatable bonds is 5. The lowest BCUT2D eigenvalue weighted by Gasteiger charge is -2.17. The highest BCUT2D eigenvalue weighted by Crippen LogP contribution is 2.22. The van der Waals surface area contributed by atoms with Gasteiger partial charge in [0.05, 0.1) is 13.2 Å². The van der Waals surface area contributed by atoms with Crippen LogP contribution >= 0.6 is 0 Å². The lowest BCUT2D eigenvalue weighted by atomic mass is 10.0. The highest BCUT2D eigenvalue weighted by molar-refractivity contribution is 5.37. The molecular weight excluding hydrogens is 202 g/mol. The summed E-state index contributed by atoms with van der Waals surface area (Å²) in [6.07, 6.45) is -0.318. The van der Waals surface area contributed by atoms with Crippen molar-refractivity contribution in [2.45, 2.75) is 32.9 Å². The minimum absolute atomic E-state index is 0.235. The third-order valence-corrected chi connectivity index (χ3v) is 2.64. The molecule has 3 heteroatoms. The molecule has 2 N–H and O–H groups in total. The highest BCUT2D eigenvalue weighted by Gasteiger charge is 2.07. The van der Waals surface area contributed by atoms with Crippen molar-refractivity contribution >= 4 is 0 Å². The van der Waals surface area contributed by atoms with Crippen LogP contribution in [0.3, 0.4) is 0 Å². The zero-order valence-corrected chi connectivity index (χ0v) is 10.4. The Morgan fingerprint density at radius 1 is 1.38 bits per heavy atom. The minimum atomic E-state index is -0.318. The van der Waals surface area contributed by atoms with Crippen molar-refractivity contribution in [2.24, 2.45) is 0 Å². The Bertz CT molecular complexity index is 337. The third-order valence-electron chi connectivity index (χ3n) is 2.64. The van der Waals surface area contributed by atoms with Crippen LogP contribution in [0.15, 0.2) is 18.2 Å². The van der Waals surface area contributed by atoms with E-state index in [1.165, 1.54) is 5.56 Å². The lowest BCUT2D eigenvalue weighted by Crippen LogP contribution is -2.27. The summed E-state index contributed by atoms with van der Waals surface area (Å²) in [4.78, 5) is 0. The fourth-order valence-corrected chi connectivity index (χ4v) is 1.64. The quantitative estimate of drug-likeness (QED) is 0.802. The standard InChI is InChI=1S/C13H21NO2/c1-9-7-12(5-6-13(9)16-4)11(3)14-8-10(2)15/h5-7,10-11,14-15H,8H2,1-4H3. The summed E-state index contributed by atoms with van der Waals surface area (Å²) in [6, 6.07) is 6.37. The van der Waals surface area contributed by atoms with Crippen molar-refractivity contribution < 1.29 is 9.84 Å². The monoisotopic (exact) mass is 223 g/mol. The predicted octanol–water partition coefficient (Wildman–Crippen LogP) is 2.04. The molecule has 0 saturated carbocycles. The van der Waals surface area contributed by atoms with E-state index < -0.39 is 0 Å². The first-order valence-electron chi connectivity index (χ1n) is 5.60. The molecule has 3 nitrogen and oxygen atoms in total. The summed E-state index contributed by atoms with van der Waals surface area (Å²) in [6.45, 7) is 6.50. The van der Waals surface area contributed by atoms with Crippen molar-refractivity contribution in [3.05, 3.63) is 29.3 Å². The largest absolute Gasteiger partial charge is 0.496 e. The second-order valence-corrected chi connectivity index (χ2v) is 4.21. The average Bonchev–Trinajstić information content (AvgIpc) is 2.25. The lowest BCUT2D eigenvalue weighted by molar-refractivity contribution is 0.187. The summed E-state index contributed by atoms with van der Waals surface area (Å²) in [5.74, 6) is 0.909. The number of ether oxygens (including phenoxy) is 1. The van der Waals surface area contributed by atoms with Crippen LogP contribution in [0.1, 0.15) is 31.0 Å². The summed E-state index contributed by atoms with van der Waals surface area (Å²) in [5.41, 5.74) is 2.34. The van der Waals surface area contributed by atoms with Crippen LogP contribution in [0, 0.1) is 6.92 Å². The Balaban J connectivity index is 2.69. The van der Waals surface area contributed by atoms with Gasteiger partial charge in [-0.1, -0.05) is 12.1 Å². The number of methoxy groups -OCH3 is 1. The van der Waals surface area contributed by atoms with E-state index in [1.54, 1.807) is 14.0 Å². The number of hydrogen-bond donors (Lipinski definition) is 2. The van der Waals surface area contributed by atoms with Gasteiger partial charge < -0.3 is 15.2 Å². The van der Waals surface area contributed by atoms with Crippen LogP contribution in [0.2, 0.25) is 0 Å². The third kappa shape index (κ3) is 3.51. The molecule has 0 amide bonds. The maximum absolute atomic E-state index is 9.20. The molecule has 0 saturated heterocycles. The molecule has 0 bridgehead atoms. The van der Waals surface area contributed by atoms with E-state index in [0.29, 0.717) is 6.54 Å². The van der Waals surface area contributed by atoms with Gasteiger partial charge in [-0.3, -0.25) is 0 Å². The van der Waals surface area contributed by atoms with Gasteiger partial charge in [0, 0.05) is 12.6 Å². The van der Waals surface area contributed by atoms with Gasteiger partial charge in [0.25, 0.3) is 0 Å². The van der Waals surface area contributed by atoms with E-state index in [-0.39, 0.29) is 12.1 Å². The predicted molar refractivity (Wildman–Crippen MR) is 65.8 cm³/mol. The molecule has 0 aliphatic rings. The number of aliphatic hydroxyl groups is 1. The molecular formula is C13H21NO2. The molecule has 2 unspecified atom stereocenters. The first kappa shape index (κ1) is 13.0. The fraction of sp³-hybridized carbons (Fsp3) is 0.538. The summed E-state index contributed by atoms with van der Waals surface area (Å²) in [5, 5.41) is 12.5. The van der Waals surface area contributed by atoms with Gasteiger partial charge in [-0.25, -0.2) is 0 Å². The van der Waals surface area contributed by atoms with E-state index in [9.17, 15) is 5.11 Å². The number of aryl methyl sites for hydroxylation is 1. The summed E-state index contributed by atoms with van der Waals surface area (Å²) >= 11 is 0. The molecule has 0 heterocycles. The van der Waals surface area contributed by atoms with E-state index in [4.69, 9.17) is 4.74 Å². The maximum atomic E-state index is 9.20. The Morgan fingerprint density at radius 2 is 2.06 bits per heavy atom. The van der Waals surface area contributed by atoms with Crippen molar-refractivity contribution in [1.82, 2.24) is 5.32 Å². The van der Waals surface area contributed by atoms with Crippen molar-refractivity contribution in [2.75, 3.05) is 13.7 Å². The van der Waals surface area contributed by atoms with Gasteiger partial charge in [-0.05, 0) is 38.0 Å². The molecule has 90 valence electrons. The number of aliphatic hydroxyl groups excluding tert-OH is 1. The van der Waals surface area contributed by atoms with Crippen LogP contribution < -0.4 is 10.1 Å². The summed E-state index contributed by atoms with van der Waals surface area (Å²) in [7, 11) is 1.68. The zero-order chi connectivity index (χ0) is 12.1. The van der Waals surface area contributed by atoms with Gasteiger partial charge in [-0.15, -0.1) is 0 Å². The average molecular weight is 223 g/mol. The molecule has 0 aliphatic carbocycles. The van der Waals surface area contributed by atoms with Gasteiger partial charge in [0.1, 0.15) is 5.75 Å². The highest BCUT2D eigenvalue weighted by atomic mass is 16.5. The maximum Gasteiger partial charge on any atom is 0.121 e. The molecule has 2 atom stereocenters. The van der Waals surface area contributed by atoms with Crippen LogP contribution in [-0.4, -0.2) is 24.9 Å². The molecule has 16 heavy (non-hydrogen) atoms. The Kier molecular flexibility index (Phi) is 4.77. The second kappa shape index (κ2) is 5.87. The van der Waals surface area contributed by atoms with Crippen LogP contribution in [0.5, 0.6) is 5.75 Å². The molecule has 1 aromatic carbocycles. The molecule has 0 aromatic heterocycles. The van der Waals surface area contributed by atoms with Crippen molar-refractivity contribution in [3.63, 3.8) is 0 Å². The Hall–Kier alpha value is -1.06. The van der Waals surface area contributed by atoms with Gasteiger partial charge in [0.2, 0.25) is 0 Å². The molecule has 0 spiro atoms. The van der Waals surface area contributed by atoms with Crippen molar-refractivity contribution in [3.8, 4) is 5.75 Å². The van der Waals surface area contributed by atoms with Crippen LogP contribution in [0.25, 0.3) is 0 Å². The van der Waals surface area contributed by atoms with E-state index >= 15 is 0 Å². The molecule has 1 aromatic rings. The topological polar surface area (TPSA) is 41.5 Å². The smallest absolute Gasteiger partial charge is 0.121 e.